The minimum atomic E-state index is -0.292. The third-order valence-corrected chi connectivity index (χ3v) is 4.38. The van der Waals surface area contributed by atoms with E-state index in [4.69, 9.17) is 4.74 Å². The van der Waals surface area contributed by atoms with Crippen molar-refractivity contribution in [2.45, 2.75) is 45.4 Å². The van der Waals surface area contributed by atoms with Crippen LogP contribution in [0.3, 0.4) is 0 Å². The molecule has 0 aliphatic heterocycles. The van der Waals surface area contributed by atoms with Gasteiger partial charge in [-0.1, -0.05) is 19.8 Å². The summed E-state index contributed by atoms with van der Waals surface area (Å²) in [6.45, 7) is 4.53. The smallest absolute Gasteiger partial charge is 0.357 e. The maximum Gasteiger partial charge on any atom is 0.357 e. The Kier molecular flexibility index (Phi) is 4.15. The maximum absolute atomic E-state index is 11.5. The zero-order valence-corrected chi connectivity index (χ0v) is 11.3. The molecular weight excluding hydrogens is 234 g/mol. The van der Waals surface area contributed by atoms with Gasteiger partial charge in [0.15, 0.2) is 5.69 Å². The van der Waals surface area contributed by atoms with Crippen molar-refractivity contribution in [2.24, 2.45) is 5.92 Å². The number of rotatable bonds is 3. The van der Waals surface area contributed by atoms with Crippen LogP contribution in [0.25, 0.3) is 0 Å². The summed E-state index contributed by atoms with van der Waals surface area (Å²) >= 11 is 1.60. The molecule has 1 saturated carbocycles. The van der Waals surface area contributed by atoms with Crippen molar-refractivity contribution in [3.05, 3.63) is 16.1 Å². The Bertz CT molecular complexity index is 381. The first kappa shape index (κ1) is 12.6. The third kappa shape index (κ3) is 3.06. The van der Waals surface area contributed by atoms with Gasteiger partial charge in [-0.3, -0.25) is 0 Å². The van der Waals surface area contributed by atoms with Crippen molar-refractivity contribution in [3.8, 4) is 0 Å². The number of carbonyl (C=O) groups excluding carboxylic acids is 1. The average molecular weight is 253 g/mol. The van der Waals surface area contributed by atoms with E-state index in [-0.39, 0.29) is 5.97 Å². The van der Waals surface area contributed by atoms with Crippen molar-refractivity contribution in [1.82, 2.24) is 4.98 Å². The number of aromatic nitrogens is 1. The van der Waals surface area contributed by atoms with Gasteiger partial charge in [0.25, 0.3) is 0 Å². The van der Waals surface area contributed by atoms with Gasteiger partial charge in [-0.15, -0.1) is 11.3 Å². The first-order valence-electron chi connectivity index (χ1n) is 6.33. The number of nitrogens with zero attached hydrogens (tertiary/aromatic N) is 1. The van der Waals surface area contributed by atoms with Crippen LogP contribution in [-0.2, 0) is 4.74 Å². The average Bonchev–Trinajstić information content (AvgIpc) is 2.80. The number of thiazole rings is 1. The van der Waals surface area contributed by atoms with Gasteiger partial charge in [0.1, 0.15) is 0 Å². The molecule has 0 aromatic carbocycles. The lowest BCUT2D eigenvalue weighted by molar-refractivity contribution is 0.0520. The fourth-order valence-electron chi connectivity index (χ4n) is 2.28. The molecule has 1 aliphatic rings. The van der Waals surface area contributed by atoms with E-state index < -0.39 is 0 Å². The first-order valence-corrected chi connectivity index (χ1v) is 7.21. The van der Waals surface area contributed by atoms with Crippen molar-refractivity contribution in [3.63, 3.8) is 0 Å². The molecule has 0 amide bonds. The highest BCUT2D eigenvalue weighted by Crippen LogP contribution is 2.36. The van der Waals surface area contributed by atoms with Gasteiger partial charge in [-0.25, -0.2) is 9.78 Å². The predicted octanol–water partition coefficient (Wildman–Crippen LogP) is 3.61. The first-order chi connectivity index (χ1) is 8.20. The number of hydrogen-bond acceptors (Lipinski definition) is 4. The van der Waals surface area contributed by atoms with Gasteiger partial charge < -0.3 is 4.74 Å². The summed E-state index contributed by atoms with van der Waals surface area (Å²) in [7, 11) is 0. The highest BCUT2D eigenvalue weighted by Gasteiger charge is 2.23. The zero-order valence-electron chi connectivity index (χ0n) is 10.4. The van der Waals surface area contributed by atoms with E-state index in [0.717, 1.165) is 10.9 Å². The van der Waals surface area contributed by atoms with Gasteiger partial charge >= 0.3 is 5.97 Å². The van der Waals surface area contributed by atoms with Crippen LogP contribution >= 0.6 is 11.3 Å². The van der Waals surface area contributed by atoms with E-state index in [1.807, 2.05) is 12.3 Å². The Hall–Kier alpha value is -0.900. The molecular formula is C13H19NO2S. The fraction of sp³-hybridized carbons (Fsp3) is 0.692. The molecule has 2 rings (SSSR count). The van der Waals surface area contributed by atoms with Crippen LogP contribution in [-0.4, -0.2) is 17.6 Å². The monoisotopic (exact) mass is 253 g/mol. The molecule has 3 nitrogen and oxygen atoms in total. The van der Waals surface area contributed by atoms with Crippen molar-refractivity contribution >= 4 is 17.3 Å². The van der Waals surface area contributed by atoms with Crippen molar-refractivity contribution in [2.75, 3.05) is 6.61 Å². The van der Waals surface area contributed by atoms with Crippen LogP contribution in [0, 0.1) is 5.92 Å². The summed E-state index contributed by atoms with van der Waals surface area (Å²) in [6, 6.07) is 0. The largest absolute Gasteiger partial charge is 0.461 e. The van der Waals surface area contributed by atoms with Crippen LogP contribution in [0.4, 0.5) is 0 Å². The molecule has 0 saturated heterocycles. The van der Waals surface area contributed by atoms with E-state index >= 15 is 0 Å². The molecule has 0 unspecified atom stereocenters. The standard InChI is InChI=1S/C13H19NO2S/c1-3-16-13(15)11-8-17-12(14-11)10-6-4-9(2)5-7-10/h8-10H,3-7H2,1-2H3/t9-,10-. The van der Waals surface area contributed by atoms with E-state index in [9.17, 15) is 4.79 Å². The lowest BCUT2D eigenvalue weighted by Gasteiger charge is -2.24. The Balaban J connectivity index is 2.00. The molecule has 0 N–H and O–H groups in total. The van der Waals surface area contributed by atoms with Crippen molar-refractivity contribution < 1.29 is 9.53 Å². The number of hydrogen-bond donors (Lipinski definition) is 0. The number of esters is 1. The Morgan fingerprint density at radius 3 is 2.82 bits per heavy atom. The summed E-state index contributed by atoms with van der Waals surface area (Å²) in [6.07, 6.45) is 4.96. The lowest BCUT2D eigenvalue weighted by Crippen LogP contribution is -2.11. The molecule has 0 spiro atoms. The van der Waals surface area contributed by atoms with Crippen LogP contribution in [0.1, 0.15) is 60.9 Å². The normalized spacial score (nSPS) is 24.6. The van der Waals surface area contributed by atoms with Gasteiger partial charge in [-0.05, 0) is 25.7 Å². The summed E-state index contributed by atoms with van der Waals surface area (Å²) in [5.41, 5.74) is 0.477. The molecule has 0 atom stereocenters. The highest BCUT2D eigenvalue weighted by atomic mass is 32.1. The molecule has 4 heteroatoms. The second-order valence-corrected chi connectivity index (χ2v) is 5.64. The van der Waals surface area contributed by atoms with Crippen LogP contribution < -0.4 is 0 Å². The van der Waals surface area contributed by atoms with Crippen LogP contribution in [0.15, 0.2) is 5.38 Å². The number of carbonyl (C=O) groups is 1. The highest BCUT2D eigenvalue weighted by molar-refractivity contribution is 7.09. The fourth-order valence-corrected chi connectivity index (χ4v) is 3.24. The summed E-state index contributed by atoms with van der Waals surface area (Å²) in [5.74, 6) is 1.11. The molecule has 0 radical (unpaired) electrons. The van der Waals surface area contributed by atoms with Crippen LogP contribution in [0.5, 0.6) is 0 Å². The Morgan fingerprint density at radius 1 is 1.47 bits per heavy atom. The lowest BCUT2D eigenvalue weighted by atomic mass is 9.83. The Labute approximate surface area is 106 Å². The summed E-state index contributed by atoms with van der Waals surface area (Å²) in [4.78, 5) is 15.9. The summed E-state index contributed by atoms with van der Waals surface area (Å²) in [5, 5.41) is 2.94. The predicted molar refractivity (Wildman–Crippen MR) is 68.4 cm³/mol. The molecule has 94 valence electrons. The molecule has 1 aromatic heterocycles. The molecule has 1 fully saturated rings. The SMILES string of the molecule is CCOC(=O)c1csc([C@H]2CC[C@H](C)CC2)n1. The minimum absolute atomic E-state index is 0.292. The second kappa shape index (κ2) is 5.63. The molecule has 17 heavy (non-hydrogen) atoms. The topological polar surface area (TPSA) is 39.2 Å². The molecule has 1 aromatic rings. The van der Waals surface area contributed by atoms with Crippen LogP contribution in [0.2, 0.25) is 0 Å². The maximum atomic E-state index is 11.5. The zero-order chi connectivity index (χ0) is 12.3. The van der Waals surface area contributed by atoms with E-state index in [1.54, 1.807) is 11.3 Å². The van der Waals surface area contributed by atoms with E-state index in [0.29, 0.717) is 18.2 Å². The van der Waals surface area contributed by atoms with E-state index in [2.05, 4.69) is 11.9 Å². The molecule has 0 bridgehead atoms. The molecule has 1 aliphatic carbocycles. The molecule has 1 heterocycles. The van der Waals surface area contributed by atoms with Crippen molar-refractivity contribution in [1.29, 1.82) is 0 Å². The van der Waals surface area contributed by atoms with Gasteiger partial charge in [0.05, 0.1) is 11.6 Å². The second-order valence-electron chi connectivity index (χ2n) is 4.75. The summed E-state index contributed by atoms with van der Waals surface area (Å²) < 4.78 is 4.95. The van der Waals surface area contributed by atoms with Gasteiger partial charge in [0.2, 0.25) is 0 Å². The third-order valence-electron chi connectivity index (χ3n) is 3.37. The quantitative estimate of drug-likeness (QED) is 0.772. The Morgan fingerprint density at radius 2 is 2.18 bits per heavy atom. The minimum Gasteiger partial charge on any atom is -0.461 e. The number of ether oxygens (including phenoxy) is 1. The van der Waals surface area contributed by atoms with Gasteiger partial charge in [-0.2, -0.15) is 0 Å². The van der Waals surface area contributed by atoms with E-state index in [1.165, 1.54) is 25.7 Å². The van der Waals surface area contributed by atoms with Gasteiger partial charge in [0, 0.05) is 11.3 Å².